The smallest absolute Gasteiger partial charge is 0.340 e. The number of rotatable bonds is 4. The van der Waals surface area contributed by atoms with Gasteiger partial charge in [0.1, 0.15) is 11.6 Å². The third-order valence-electron chi connectivity index (χ3n) is 2.60. The summed E-state index contributed by atoms with van der Waals surface area (Å²) in [6, 6.07) is 2.59. The molecule has 0 amide bonds. The Hall–Kier alpha value is -1.10. The molecule has 1 fully saturated rings. The molecule has 0 spiro atoms. The normalized spacial score (nSPS) is 14.5. The van der Waals surface area contributed by atoms with Crippen LogP contribution in [0.4, 0.5) is 4.39 Å². The predicted molar refractivity (Wildman–Crippen MR) is 63.7 cm³/mol. The number of hydrogen-bond donors (Lipinski definition) is 0. The Morgan fingerprint density at radius 1 is 1.53 bits per heavy atom. The van der Waals surface area contributed by atoms with E-state index in [0.717, 1.165) is 0 Å². The summed E-state index contributed by atoms with van der Waals surface area (Å²) in [5.41, 5.74) is -0.0989. The SMILES string of the molecule is COC(=O)c1cc(Br)c(OCC2CC2)cc1F. The number of benzene rings is 1. The number of hydrogen-bond acceptors (Lipinski definition) is 3. The number of halogens is 2. The maximum Gasteiger partial charge on any atom is 0.340 e. The van der Waals surface area contributed by atoms with E-state index in [4.69, 9.17) is 4.74 Å². The Bertz CT molecular complexity index is 444. The fourth-order valence-corrected chi connectivity index (χ4v) is 1.86. The second-order valence-corrected chi connectivity index (χ2v) is 4.86. The van der Waals surface area contributed by atoms with Crippen LogP contribution in [-0.2, 0) is 4.74 Å². The van der Waals surface area contributed by atoms with Crippen LogP contribution >= 0.6 is 15.9 Å². The molecular formula is C12H12BrFO3. The van der Waals surface area contributed by atoms with Crippen molar-refractivity contribution in [1.82, 2.24) is 0 Å². The minimum Gasteiger partial charge on any atom is -0.492 e. The fourth-order valence-electron chi connectivity index (χ4n) is 1.40. The second-order valence-electron chi connectivity index (χ2n) is 4.01. The summed E-state index contributed by atoms with van der Waals surface area (Å²) >= 11 is 3.25. The Labute approximate surface area is 107 Å². The average molecular weight is 303 g/mol. The first-order chi connectivity index (χ1) is 8.11. The van der Waals surface area contributed by atoms with Gasteiger partial charge < -0.3 is 9.47 Å². The molecule has 1 aliphatic carbocycles. The molecule has 3 nitrogen and oxygen atoms in total. The molecule has 0 unspecified atom stereocenters. The first-order valence-electron chi connectivity index (χ1n) is 5.32. The summed E-state index contributed by atoms with van der Waals surface area (Å²) in [7, 11) is 1.22. The van der Waals surface area contributed by atoms with E-state index in [-0.39, 0.29) is 5.56 Å². The van der Waals surface area contributed by atoms with E-state index in [1.165, 1.54) is 32.1 Å². The molecule has 0 radical (unpaired) electrons. The minimum absolute atomic E-state index is 0.0989. The number of ether oxygens (including phenoxy) is 2. The van der Waals surface area contributed by atoms with Gasteiger partial charge in [-0.1, -0.05) is 0 Å². The third-order valence-corrected chi connectivity index (χ3v) is 3.22. The number of carbonyl (C=O) groups excluding carboxylic acids is 1. The Morgan fingerprint density at radius 2 is 2.24 bits per heavy atom. The first kappa shape index (κ1) is 12.4. The molecule has 1 aromatic carbocycles. The highest BCUT2D eigenvalue weighted by Gasteiger charge is 2.23. The molecule has 0 bridgehead atoms. The maximum atomic E-state index is 13.6. The number of methoxy groups -OCH3 is 1. The highest BCUT2D eigenvalue weighted by molar-refractivity contribution is 9.10. The van der Waals surface area contributed by atoms with Crippen molar-refractivity contribution in [3.8, 4) is 5.75 Å². The summed E-state index contributed by atoms with van der Waals surface area (Å²) < 4.78 is 24.1. The van der Waals surface area contributed by atoms with Gasteiger partial charge in [-0.2, -0.15) is 0 Å². The lowest BCUT2D eigenvalue weighted by molar-refractivity contribution is 0.0595. The molecule has 0 aromatic heterocycles. The van der Waals surface area contributed by atoms with Crippen molar-refractivity contribution < 1.29 is 18.7 Å². The van der Waals surface area contributed by atoms with Gasteiger partial charge in [-0.3, -0.25) is 0 Å². The van der Waals surface area contributed by atoms with Gasteiger partial charge in [0.25, 0.3) is 0 Å². The third kappa shape index (κ3) is 2.97. The minimum atomic E-state index is -0.697. The van der Waals surface area contributed by atoms with E-state index in [2.05, 4.69) is 20.7 Å². The van der Waals surface area contributed by atoms with Crippen molar-refractivity contribution in [2.45, 2.75) is 12.8 Å². The van der Waals surface area contributed by atoms with Crippen LogP contribution in [-0.4, -0.2) is 19.7 Å². The van der Waals surface area contributed by atoms with Gasteiger partial charge in [0.2, 0.25) is 0 Å². The van der Waals surface area contributed by atoms with E-state index >= 15 is 0 Å². The molecule has 5 heteroatoms. The van der Waals surface area contributed by atoms with Gasteiger partial charge in [-0.25, -0.2) is 9.18 Å². The number of esters is 1. The molecule has 0 heterocycles. The van der Waals surface area contributed by atoms with Crippen LogP contribution in [0.2, 0.25) is 0 Å². The highest BCUT2D eigenvalue weighted by atomic mass is 79.9. The summed E-state index contributed by atoms with van der Waals surface area (Å²) in [5, 5.41) is 0. The maximum absolute atomic E-state index is 13.6. The molecule has 1 aromatic rings. The van der Waals surface area contributed by atoms with E-state index in [9.17, 15) is 9.18 Å². The Morgan fingerprint density at radius 3 is 2.82 bits per heavy atom. The Balaban J connectivity index is 2.17. The first-order valence-corrected chi connectivity index (χ1v) is 6.11. The summed E-state index contributed by atoms with van der Waals surface area (Å²) in [6.45, 7) is 0.593. The number of carbonyl (C=O) groups is 1. The fraction of sp³-hybridized carbons (Fsp3) is 0.417. The van der Waals surface area contributed by atoms with E-state index < -0.39 is 11.8 Å². The van der Waals surface area contributed by atoms with Crippen LogP contribution in [0.3, 0.4) is 0 Å². The van der Waals surface area contributed by atoms with Gasteiger partial charge in [0.05, 0.1) is 23.8 Å². The molecular weight excluding hydrogens is 291 g/mol. The zero-order chi connectivity index (χ0) is 12.4. The van der Waals surface area contributed by atoms with Crippen LogP contribution in [0.1, 0.15) is 23.2 Å². The van der Waals surface area contributed by atoms with E-state index in [0.29, 0.717) is 22.7 Å². The molecule has 0 atom stereocenters. The quantitative estimate of drug-likeness (QED) is 0.802. The lowest BCUT2D eigenvalue weighted by Gasteiger charge is -2.09. The standard InChI is InChI=1S/C12H12BrFO3/c1-16-12(15)8-4-9(13)11(5-10(8)14)17-6-7-2-3-7/h4-5,7H,2-3,6H2,1H3. The molecule has 1 aliphatic rings. The van der Waals surface area contributed by atoms with Crippen molar-refractivity contribution in [2.24, 2.45) is 5.92 Å². The topological polar surface area (TPSA) is 35.5 Å². The summed E-state index contributed by atoms with van der Waals surface area (Å²) in [6.07, 6.45) is 2.33. The summed E-state index contributed by atoms with van der Waals surface area (Å²) in [5.74, 6) is -0.324. The zero-order valence-corrected chi connectivity index (χ0v) is 10.9. The van der Waals surface area contributed by atoms with Crippen LogP contribution in [0.5, 0.6) is 5.75 Å². The molecule has 0 saturated heterocycles. The van der Waals surface area contributed by atoms with E-state index in [1.807, 2.05) is 0 Å². The molecule has 0 N–H and O–H groups in total. The van der Waals surface area contributed by atoms with Gasteiger partial charge in [-0.15, -0.1) is 0 Å². The van der Waals surface area contributed by atoms with Crippen molar-refractivity contribution in [1.29, 1.82) is 0 Å². The lowest BCUT2D eigenvalue weighted by Crippen LogP contribution is -2.06. The van der Waals surface area contributed by atoms with Gasteiger partial charge in [-0.05, 0) is 40.8 Å². The van der Waals surface area contributed by atoms with Crippen molar-refractivity contribution in [3.63, 3.8) is 0 Å². The molecule has 2 rings (SSSR count). The van der Waals surface area contributed by atoms with Gasteiger partial charge in [0, 0.05) is 6.07 Å². The molecule has 1 saturated carbocycles. The summed E-state index contributed by atoms with van der Waals surface area (Å²) in [4.78, 5) is 11.3. The van der Waals surface area contributed by atoms with Gasteiger partial charge >= 0.3 is 5.97 Å². The van der Waals surface area contributed by atoms with Crippen LogP contribution in [0.15, 0.2) is 16.6 Å². The van der Waals surface area contributed by atoms with Crippen LogP contribution in [0, 0.1) is 11.7 Å². The molecule has 0 aliphatic heterocycles. The monoisotopic (exact) mass is 302 g/mol. The van der Waals surface area contributed by atoms with Crippen LogP contribution in [0.25, 0.3) is 0 Å². The average Bonchev–Trinajstić information content (AvgIpc) is 3.12. The highest BCUT2D eigenvalue weighted by Crippen LogP contribution is 2.33. The largest absolute Gasteiger partial charge is 0.492 e. The lowest BCUT2D eigenvalue weighted by atomic mass is 10.2. The van der Waals surface area contributed by atoms with Crippen molar-refractivity contribution in [3.05, 3.63) is 28.0 Å². The van der Waals surface area contributed by atoms with E-state index in [1.54, 1.807) is 0 Å². The predicted octanol–water partition coefficient (Wildman–Crippen LogP) is 3.16. The molecule has 17 heavy (non-hydrogen) atoms. The van der Waals surface area contributed by atoms with Crippen molar-refractivity contribution in [2.75, 3.05) is 13.7 Å². The zero-order valence-electron chi connectivity index (χ0n) is 9.33. The Kier molecular flexibility index (Phi) is 3.66. The molecule has 92 valence electrons. The second kappa shape index (κ2) is 5.04. The van der Waals surface area contributed by atoms with Crippen LogP contribution < -0.4 is 4.74 Å². The van der Waals surface area contributed by atoms with Gasteiger partial charge in [0.15, 0.2) is 0 Å². The van der Waals surface area contributed by atoms with Crippen molar-refractivity contribution >= 4 is 21.9 Å².